The topological polar surface area (TPSA) is 35.5 Å². The molecule has 0 bridgehead atoms. The maximum absolute atomic E-state index is 11.5. The number of ketones is 1. The van der Waals surface area contributed by atoms with E-state index in [0.717, 1.165) is 11.3 Å². The van der Waals surface area contributed by atoms with E-state index in [1.54, 1.807) is 14.0 Å². The Labute approximate surface area is 114 Å². The summed E-state index contributed by atoms with van der Waals surface area (Å²) in [6, 6.07) is 6.31. The summed E-state index contributed by atoms with van der Waals surface area (Å²) < 4.78 is 10.9. The van der Waals surface area contributed by atoms with Crippen LogP contribution in [0.3, 0.4) is 0 Å². The van der Waals surface area contributed by atoms with Crippen LogP contribution in [-0.4, -0.2) is 26.1 Å². The molecule has 2 rings (SSSR count). The number of Topliss-reactive ketones (excluding diaryl/α,β-unsaturated/α-hetero) is 1. The molecule has 1 aliphatic heterocycles. The third-order valence-corrected chi connectivity index (χ3v) is 3.81. The van der Waals surface area contributed by atoms with E-state index in [0.29, 0.717) is 25.6 Å². The van der Waals surface area contributed by atoms with Crippen LogP contribution in [0.4, 0.5) is 0 Å². The first kappa shape index (κ1) is 14.1. The molecule has 1 aromatic rings. The first-order chi connectivity index (χ1) is 8.98. The lowest BCUT2D eigenvalue weighted by Gasteiger charge is -2.42. The van der Waals surface area contributed by atoms with E-state index in [1.807, 2.05) is 0 Å². The van der Waals surface area contributed by atoms with Gasteiger partial charge in [0.15, 0.2) is 0 Å². The highest BCUT2D eigenvalue weighted by atomic mass is 16.5. The van der Waals surface area contributed by atoms with Crippen LogP contribution in [-0.2, 0) is 14.9 Å². The summed E-state index contributed by atoms with van der Waals surface area (Å²) in [7, 11) is 1.68. The summed E-state index contributed by atoms with van der Waals surface area (Å²) >= 11 is 0. The van der Waals surface area contributed by atoms with Crippen molar-refractivity contribution in [3.05, 3.63) is 29.3 Å². The van der Waals surface area contributed by atoms with Crippen molar-refractivity contribution in [3.63, 3.8) is 0 Å². The number of methoxy groups -OCH3 is 1. The molecule has 0 amide bonds. The Bertz CT molecular complexity index is 473. The van der Waals surface area contributed by atoms with Gasteiger partial charge < -0.3 is 9.47 Å². The van der Waals surface area contributed by atoms with Crippen molar-refractivity contribution in [3.8, 4) is 5.75 Å². The highest BCUT2D eigenvalue weighted by molar-refractivity contribution is 5.77. The number of ether oxygens (including phenoxy) is 2. The van der Waals surface area contributed by atoms with Gasteiger partial charge in [0.25, 0.3) is 0 Å². The van der Waals surface area contributed by atoms with Gasteiger partial charge in [-0.05, 0) is 24.5 Å². The second-order valence-electron chi connectivity index (χ2n) is 5.77. The Morgan fingerprint density at radius 1 is 1.42 bits per heavy atom. The van der Waals surface area contributed by atoms with Gasteiger partial charge in [-0.1, -0.05) is 26.0 Å². The number of benzene rings is 1. The molecule has 0 radical (unpaired) electrons. The fraction of sp³-hybridized carbons (Fsp3) is 0.562. The van der Waals surface area contributed by atoms with Gasteiger partial charge in [0, 0.05) is 12.0 Å². The molecule has 0 spiro atoms. The lowest BCUT2D eigenvalue weighted by molar-refractivity contribution is -0.125. The minimum atomic E-state index is -0.188. The molecule has 0 aliphatic carbocycles. The summed E-state index contributed by atoms with van der Waals surface area (Å²) in [6.07, 6.45) is 0.518. The average Bonchev–Trinajstić information content (AvgIpc) is 2.32. The highest BCUT2D eigenvalue weighted by Crippen LogP contribution is 2.41. The molecule has 1 aromatic carbocycles. The predicted molar refractivity (Wildman–Crippen MR) is 74.9 cm³/mol. The molecule has 0 saturated carbocycles. The SMILES string of the molecule is COc1cc(C(C)C)ccc1C1(CC(C)=O)COC1. The molecule has 19 heavy (non-hydrogen) atoms. The van der Waals surface area contributed by atoms with E-state index in [9.17, 15) is 4.79 Å². The molecule has 1 saturated heterocycles. The van der Waals surface area contributed by atoms with Gasteiger partial charge in [0.2, 0.25) is 0 Å². The summed E-state index contributed by atoms with van der Waals surface area (Å²) in [5, 5.41) is 0. The maximum atomic E-state index is 11.5. The summed E-state index contributed by atoms with van der Waals surface area (Å²) in [5.74, 6) is 1.53. The van der Waals surface area contributed by atoms with Crippen LogP contribution < -0.4 is 4.74 Å². The second-order valence-corrected chi connectivity index (χ2v) is 5.77. The Morgan fingerprint density at radius 2 is 2.11 bits per heavy atom. The van der Waals surface area contributed by atoms with Gasteiger partial charge in [-0.15, -0.1) is 0 Å². The standard InChI is InChI=1S/C16H22O3/c1-11(2)13-5-6-14(15(7-13)18-4)16(8-12(3)17)9-19-10-16/h5-7,11H,8-10H2,1-4H3. The molecule has 0 atom stereocenters. The molecule has 0 unspecified atom stereocenters. The molecule has 1 aliphatic rings. The lowest BCUT2D eigenvalue weighted by atomic mass is 9.74. The van der Waals surface area contributed by atoms with Crippen molar-refractivity contribution in [1.82, 2.24) is 0 Å². The zero-order chi connectivity index (χ0) is 14.0. The molecule has 3 nitrogen and oxygen atoms in total. The van der Waals surface area contributed by atoms with E-state index in [4.69, 9.17) is 9.47 Å². The van der Waals surface area contributed by atoms with Crippen molar-refractivity contribution in [2.24, 2.45) is 0 Å². The van der Waals surface area contributed by atoms with Crippen molar-refractivity contribution >= 4 is 5.78 Å². The van der Waals surface area contributed by atoms with Crippen LogP contribution in [0.15, 0.2) is 18.2 Å². The third-order valence-electron chi connectivity index (χ3n) is 3.81. The Hall–Kier alpha value is -1.35. The molecule has 0 N–H and O–H groups in total. The number of carbonyl (C=O) groups is 1. The minimum Gasteiger partial charge on any atom is -0.496 e. The molecule has 104 valence electrons. The van der Waals surface area contributed by atoms with Crippen LogP contribution in [0.2, 0.25) is 0 Å². The first-order valence-electron chi connectivity index (χ1n) is 6.74. The quantitative estimate of drug-likeness (QED) is 0.818. The van der Waals surface area contributed by atoms with Gasteiger partial charge >= 0.3 is 0 Å². The van der Waals surface area contributed by atoms with Gasteiger partial charge in [0.05, 0.1) is 25.7 Å². The van der Waals surface area contributed by atoms with Gasteiger partial charge in [-0.3, -0.25) is 4.79 Å². The Kier molecular flexibility index (Phi) is 3.95. The molecule has 3 heteroatoms. The van der Waals surface area contributed by atoms with Crippen LogP contribution in [0, 0.1) is 0 Å². The minimum absolute atomic E-state index is 0.188. The van der Waals surface area contributed by atoms with Crippen LogP contribution in [0.5, 0.6) is 5.75 Å². The third kappa shape index (κ3) is 2.66. The van der Waals surface area contributed by atoms with Crippen LogP contribution >= 0.6 is 0 Å². The zero-order valence-electron chi connectivity index (χ0n) is 12.2. The van der Waals surface area contributed by atoms with Crippen molar-refractivity contribution < 1.29 is 14.3 Å². The largest absolute Gasteiger partial charge is 0.496 e. The average molecular weight is 262 g/mol. The van der Waals surface area contributed by atoms with Crippen molar-refractivity contribution in [2.45, 2.75) is 38.5 Å². The van der Waals surface area contributed by atoms with Gasteiger partial charge in [-0.2, -0.15) is 0 Å². The molecule has 0 aromatic heterocycles. The van der Waals surface area contributed by atoms with E-state index in [1.165, 1.54) is 5.56 Å². The number of hydrogen-bond donors (Lipinski definition) is 0. The lowest BCUT2D eigenvalue weighted by Crippen LogP contribution is -2.48. The molecular weight excluding hydrogens is 240 g/mol. The van der Waals surface area contributed by atoms with E-state index < -0.39 is 0 Å². The van der Waals surface area contributed by atoms with E-state index >= 15 is 0 Å². The summed E-state index contributed by atoms with van der Waals surface area (Å²) in [6.45, 7) is 7.15. The number of hydrogen-bond acceptors (Lipinski definition) is 3. The fourth-order valence-electron chi connectivity index (χ4n) is 2.68. The summed E-state index contributed by atoms with van der Waals surface area (Å²) in [4.78, 5) is 11.5. The van der Waals surface area contributed by atoms with Crippen LogP contribution in [0.1, 0.15) is 44.2 Å². The van der Waals surface area contributed by atoms with Crippen molar-refractivity contribution in [1.29, 1.82) is 0 Å². The van der Waals surface area contributed by atoms with Gasteiger partial charge in [0.1, 0.15) is 11.5 Å². The number of rotatable bonds is 5. The monoisotopic (exact) mass is 262 g/mol. The molecule has 1 fully saturated rings. The second kappa shape index (κ2) is 5.33. The zero-order valence-corrected chi connectivity index (χ0v) is 12.2. The first-order valence-corrected chi connectivity index (χ1v) is 6.74. The van der Waals surface area contributed by atoms with E-state index in [-0.39, 0.29) is 11.2 Å². The number of carbonyl (C=O) groups excluding carboxylic acids is 1. The van der Waals surface area contributed by atoms with Gasteiger partial charge in [-0.25, -0.2) is 0 Å². The highest BCUT2D eigenvalue weighted by Gasteiger charge is 2.43. The normalized spacial score (nSPS) is 17.1. The van der Waals surface area contributed by atoms with E-state index in [2.05, 4.69) is 32.0 Å². The Balaban J connectivity index is 2.40. The predicted octanol–water partition coefficient (Wildman–Crippen LogP) is 3.07. The van der Waals surface area contributed by atoms with Crippen molar-refractivity contribution in [2.75, 3.05) is 20.3 Å². The smallest absolute Gasteiger partial charge is 0.130 e. The fourth-order valence-corrected chi connectivity index (χ4v) is 2.68. The van der Waals surface area contributed by atoms with Crippen LogP contribution in [0.25, 0.3) is 0 Å². The molecular formula is C16H22O3. The summed E-state index contributed by atoms with van der Waals surface area (Å²) in [5.41, 5.74) is 2.16. The molecule has 1 heterocycles. The maximum Gasteiger partial charge on any atom is 0.130 e. The Morgan fingerprint density at radius 3 is 2.53 bits per heavy atom.